The lowest BCUT2D eigenvalue weighted by molar-refractivity contribution is 0.251. The molecule has 33 heavy (non-hydrogen) atoms. The van der Waals surface area contributed by atoms with Crippen LogP contribution in [0.15, 0.2) is 53.9 Å². The maximum atomic E-state index is 12.3. The van der Waals surface area contributed by atoms with Crippen molar-refractivity contribution in [1.82, 2.24) is 15.2 Å². The van der Waals surface area contributed by atoms with E-state index in [0.717, 1.165) is 41.8 Å². The van der Waals surface area contributed by atoms with E-state index in [1.807, 2.05) is 0 Å². The molecule has 0 aliphatic carbocycles. The van der Waals surface area contributed by atoms with Crippen molar-refractivity contribution in [2.24, 2.45) is 0 Å². The number of benzene rings is 2. The normalized spacial score (nSPS) is 16.4. The summed E-state index contributed by atoms with van der Waals surface area (Å²) >= 11 is 7.74. The zero-order valence-corrected chi connectivity index (χ0v) is 20.2. The minimum Gasteiger partial charge on any atom is -0.355 e. The first-order chi connectivity index (χ1) is 16.0. The molecule has 5 rings (SSSR count). The molecule has 1 aliphatic rings. The lowest BCUT2D eigenvalue weighted by Gasteiger charge is -2.26. The van der Waals surface area contributed by atoms with E-state index in [9.17, 15) is 4.79 Å². The van der Waals surface area contributed by atoms with Gasteiger partial charge in [0.25, 0.3) is 0 Å². The fourth-order valence-corrected chi connectivity index (χ4v) is 5.55. The molecule has 6 nitrogen and oxygen atoms in total. The molecule has 0 spiro atoms. The van der Waals surface area contributed by atoms with E-state index in [1.165, 1.54) is 10.1 Å². The van der Waals surface area contributed by atoms with Crippen LogP contribution in [0.5, 0.6) is 0 Å². The Morgan fingerprint density at radius 2 is 2.12 bits per heavy atom. The van der Waals surface area contributed by atoms with Gasteiger partial charge < -0.3 is 20.4 Å². The van der Waals surface area contributed by atoms with Crippen LogP contribution < -0.4 is 15.5 Å². The summed E-state index contributed by atoms with van der Waals surface area (Å²) in [5, 5.41) is 10.8. The van der Waals surface area contributed by atoms with Crippen LogP contribution in [-0.4, -0.2) is 49.1 Å². The van der Waals surface area contributed by atoms with Gasteiger partial charge in [0.05, 0.1) is 5.52 Å². The minimum atomic E-state index is -0.273. The second kappa shape index (κ2) is 9.17. The van der Waals surface area contributed by atoms with Crippen molar-refractivity contribution in [2.45, 2.75) is 19.0 Å². The molecule has 2 amide bonds. The Labute approximate surface area is 202 Å². The van der Waals surface area contributed by atoms with Crippen molar-refractivity contribution in [3.63, 3.8) is 0 Å². The number of halogens is 1. The largest absolute Gasteiger partial charge is 0.355 e. The van der Waals surface area contributed by atoms with Crippen molar-refractivity contribution >= 4 is 61.5 Å². The number of likely N-dealkylation sites (N-methyl/N-ethyl adjacent to an activating group) is 2. The van der Waals surface area contributed by atoms with Crippen molar-refractivity contribution < 1.29 is 4.79 Å². The second-order valence-corrected chi connectivity index (χ2v) is 9.94. The Morgan fingerprint density at radius 3 is 2.91 bits per heavy atom. The standard InChI is InChI=1S/C25H26ClN5OS/c1-30-10-8-19(15-30)31(2)24-21-9-11-33-23(21)20-7-6-16(12-22(20)29-24)14-27-25(32)28-18-5-3-4-17(26)13-18/h3-7,9,11-13,19H,8,10,14-15H2,1-2H3,(H2,27,28,32). The molecule has 4 aromatic rings. The zero-order valence-electron chi connectivity index (χ0n) is 18.6. The van der Waals surface area contributed by atoms with Crippen LogP contribution >= 0.6 is 22.9 Å². The Hall–Kier alpha value is -2.87. The molecule has 1 aliphatic heterocycles. The number of pyridine rings is 1. The van der Waals surface area contributed by atoms with Gasteiger partial charge in [-0.1, -0.05) is 29.8 Å². The van der Waals surface area contributed by atoms with Crippen molar-refractivity contribution in [3.05, 3.63) is 64.5 Å². The van der Waals surface area contributed by atoms with Gasteiger partial charge in [-0.2, -0.15) is 0 Å². The van der Waals surface area contributed by atoms with Crippen LogP contribution in [-0.2, 0) is 6.54 Å². The molecule has 1 atom stereocenters. The molecule has 8 heteroatoms. The monoisotopic (exact) mass is 479 g/mol. The number of nitrogens with zero attached hydrogens (tertiary/aromatic N) is 3. The smallest absolute Gasteiger partial charge is 0.319 e. The SMILES string of the molecule is CN1CCC(N(C)c2nc3cc(CNC(=O)Nc4cccc(Cl)c4)ccc3c3sccc23)C1. The predicted octanol–water partition coefficient (Wildman–Crippen LogP) is 5.56. The number of nitrogens with one attached hydrogen (secondary N) is 2. The molecule has 1 fully saturated rings. The molecule has 2 N–H and O–H groups in total. The van der Waals surface area contributed by atoms with E-state index >= 15 is 0 Å². The van der Waals surface area contributed by atoms with Crippen LogP contribution in [0.4, 0.5) is 16.3 Å². The second-order valence-electron chi connectivity index (χ2n) is 8.58. The number of urea groups is 1. The van der Waals surface area contributed by atoms with Gasteiger partial charge in [-0.25, -0.2) is 9.78 Å². The van der Waals surface area contributed by atoms with Gasteiger partial charge in [0, 0.05) is 52.4 Å². The van der Waals surface area contributed by atoms with Crippen LogP contribution in [0.3, 0.4) is 0 Å². The topological polar surface area (TPSA) is 60.5 Å². The molecule has 0 bridgehead atoms. The maximum Gasteiger partial charge on any atom is 0.319 e. The van der Waals surface area contributed by atoms with Crippen LogP contribution in [0.2, 0.25) is 5.02 Å². The van der Waals surface area contributed by atoms with Crippen molar-refractivity contribution in [3.8, 4) is 0 Å². The third-order valence-corrected chi connectivity index (χ3v) is 7.41. The van der Waals surface area contributed by atoms with Gasteiger partial charge in [0.1, 0.15) is 5.82 Å². The first-order valence-corrected chi connectivity index (χ1v) is 12.3. The average molecular weight is 480 g/mol. The number of amides is 2. The summed E-state index contributed by atoms with van der Waals surface area (Å²) in [5.41, 5.74) is 2.61. The number of rotatable bonds is 5. The first-order valence-electron chi connectivity index (χ1n) is 11.0. The molecule has 2 aromatic heterocycles. The highest BCUT2D eigenvalue weighted by atomic mass is 35.5. The number of thiophene rings is 1. The Balaban J connectivity index is 1.38. The van der Waals surface area contributed by atoms with Gasteiger partial charge in [0.15, 0.2) is 0 Å². The minimum absolute atomic E-state index is 0.273. The van der Waals surface area contributed by atoms with Crippen LogP contribution in [0.25, 0.3) is 21.0 Å². The summed E-state index contributed by atoms with van der Waals surface area (Å²) in [4.78, 5) is 22.1. The summed E-state index contributed by atoms with van der Waals surface area (Å²) < 4.78 is 1.26. The maximum absolute atomic E-state index is 12.3. The third kappa shape index (κ3) is 4.62. The summed E-state index contributed by atoms with van der Waals surface area (Å²) in [7, 11) is 4.32. The number of hydrogen-bond acceptors (Lipinski definition) is 5. The van der Waals surface area contributed by atoms with E-state index in [1.54, 1.807) is 35.6 Å². The molecule has 0 saturated carbocycles. The molecule has 1 saturated heterocycles. The van der Waals surface area contributed by atoms with Gasteiger partial charge in [-0.05, 0) is 61.3 Å². The lowest BCUT2D eigenvalue weighted by Crippen LogP contribution is -2.34. The summed E-state index contributed by atoms with van der Waals surface area (Å²) in [6.07, 6.45) is 1.14. The van der Waals surface area contributed by atoms with Crippen LogP contribution in [0, 0.1) is 0 Å². The van der Waals surface area contributed by atoms with E-state index < -0.39 is 0 Å². The summed E-state index contributed by atoms with van der Waals surface area (Å²) in [6.45, 7) is 2.57. The highest BCUT2D eigenvalue weighted by Crippen LogP contribution is 2.36. The van der Waals surface area contributed by atoms with Gasteiger partial charge in [-0.3, -0.25) is 0 Å². The van der Waals surface area contributed by atoms with E-state index in [-0.39, 0.29) is 6.03 Å². The molecule has 2 aromatic carbocycles. The Kier molecular flexibility index (Phi) is 6.10. The number of hydrogen-bond donors (Lipinski definition) is 2. The number of anilines is 2. The molecular formula is C25H26ClN5OS. The third-order valence-electron chi connectivity index (χ3n) is 6.22. The number of aromatic nitrogens is 1. The van der Waals surface area contributed by atoms with Crippen molar-refractivity contribution in [2.75, 3.05) is 37.4 Å². The molecule has 3 heterocycles. The number of fused-ring (bicyclic) bond motifs is 3. The fourth-order valence-electron chi connectivity index (χ4n) is 4.43. The summed E-state index contributed by atoms with van der Waals surface area (Å²) in [5.74, 6) is 1.03. The quantitative estimate of drug-likeness (QED) is 0.393. The highest BCUT2D eigenvalue weighted by Gasteiger charge is 2.26. The molecule has 1 unspecified atom stereocenters. The lowest BCUT2D eigenvalue weighted by atomic mass is 10.1. The first kappa shape index (κ1) is 21.9. The Bertz CT molecular complexity index is 1320. The van der Waals surface area contributed by atoms with Crippen LogP contribution in [0.1, 0.15) is 12.0 Å². The van der Waals surface area contributed by atoms with E-state index in [0.29, 0.717) is 23.3 Å². The number of carbonyl (C=O) groups excluding carboxylic acids is 1. The molecule has 0 radical (unpaired) electrons. The van der Waals surface area contributed by atoms with Crippen molar-refractivity contribution in [1.29, 1.82) is 0 Å². The predicted molar refractivity (Wildman–Crippen MR) is 139 cm³/mol. The molecule has 170 valence electrons. The van der Waals surface area contributed by atoms with Gasteiger partial charge >= 0.3 is 6.03 Å². The Morgan fingerprint density at radius 1 is 1.24 bits per heavy atom. The van der Waals surface area contributed by atoms with E-state index in [4.69, 9.17) is 16.6 Å². The number of carbonyl (C=O) groups is 1. The fraction of sp³-hybridized carbons (Fsp3) is 0.280. The van der Waals surface area contributed by atoms with Gasteiger partial charge in [-0.15, -0.1) is 11.3 Å². The van der Waals surface area contributed by atoms with Gasteiger partial charge in [0.2, 0.25) is 0 Å². The highest BCUT2D eigenvalue weighted by molar-refractivity contribution is 7.18. The average Bonchev–Trinajstić information content (AvgIpc) is 3.46. The number of likely N-dealkylation sites (tertiary alicyclic amines) is 1. The molecular weight excluding hydrogens is 454 g/mol. The summed E-state index contributed by atoms with van der Waals surface area (Å²) in [6, 6.07) is 15.7. The zero-order chi connectivity index (χ0) is 22.9. The van der Waals surface area contributed by atoms with E-state index in [2.05, 4.69) is 64.2 Å².